The Morgan fingerprint density at radius 2 is 0.569 bits per heavy atom. The number of rotatable bonds is 26. The fourth-order valence-corrected chi connectivity index (χ4v) is 14.2. The minimum Gasteiger partial charge on any atom is -0.394 e. The summed E-state index contributed by atoms with van der Waals surface area (Å²) in [6.45, 7) is 1.31. The molecule has 109 heavy (non-hydrogen) atoms. The van der Waals surface area contributed by atoms with Crippen molar-refractivity contribution in [1.82, 2.24) is 21.3 Å². The van der Waals surface area contributed by atoms with Crippen LogP contribution < -0.4 is 21.3 Å². The maximum atomic E-state index is 13.4. The Kier molecular flexibility index (Phi) is 31.4. The largest absolute Gasteiger partial charge is 0.394 e. The van der Waals surface area contributed by atoms with E-state index in [4.69, 9.17) is 80.5 Å². The summed E-state index contributed by atoms with van der Waals surface area (Å²) in [6.07, 6.45) is -82.2. The number of nitrogens with one attached hydrogen (secondary N) is 4. The second-order valence-electron chi connectivity index (χ2n) is 28.2. The van der Waals surface area contributed by atoms with Crippen LogP contribution in [0.1, 0.15) is 48.5 Å². The van der Waals surface area contributed by atoms with Crippen LogP contribution in [-0.4, -0.2) is 452 Å². The van der Waals surface area contributed by atoms with Gasteiger partial charge in [-0.25, -0.2) is 0 Å². The number of amides is 4. The van der Waals surface area contributed by atoms with Crippen LogP contribution in [-0.2, 0) is 99.7 Å². The van der Waals surface area contributed by atoms with Crippen LogP contribution >= 0.6 is 0 Å². The van der Waals surface area contributed by atoms with Crippen LogP contribution in [0, 0.1) is 0 Å². The van der Waals surface area contributed by atoms with Crippen molar-refractivity contribution in [2.75, 3.05) is 39.6 Å². The van der Waals surface area contributed by atoms with Gasteiger partial charge in [0.2, 0.25) is 23.6 Å². The lowest BCUT2D eigenvalue weighted by molar-refractivity contribution is -0.411. The van der Waals surface area contributed by atoms with E-state index < -0.39 is 339 Å². The molecule has 0 radical (unpaired) electrons. The topological polar surface area (TPSA) is 718 Å². The van der Waals surface area contributed by atoms with Gasteiger partial charge in [0.1, 0.15) is 201 Å². The summed E-state index contributed by atoms with van der Waals surface area (Å²) >= 11 is 0. The Bertz CT molecular complexity index is 2920. The van der Waals surface area contributed by atoms with Crippen LogP contribution in [0.4, 0.5) is 0 Å². The van der Waals surface area contributed by atoms with Gasteiger partial charge in [0, 0.05) is 27.7 Å². The highest BCUT2D eigenvalue weighted by Gasteiger charge is 2.61. The highest BCUT2D eigenvalue weighted by Crippen LogP contribution is 2.40. The Morgan fingerprint density at radius 3 is 1.02 bits per heavy atom. The van der Waals surface area contributed by atoms with Crippen molar-refractivity contribution in [1.29, 1.82) is 0 Å². The lowest BCUT2D eigenvalue weighted by atomic mass is 9.93. The molecular weight excluding hydrogens is 1490 g/mol. The van der Waals surface area contributed by atoms with Crippen LogP contribution in [0.5, 0.6) is 0 Å². The monoisotopic (exact) mass is 1590 g/mol. The molecule has 0 aromatic carbocycles. The van der Waals surface area contributed by atoms with Gasteiger partial charge in [-0.3, -0.25) is 19.2 Å². The lowest BCUT2D eigenvalue weighted by Gasteiger charge is -2.52. The molecule has 47 heteroatoms. The predicted molar refractivity (Wildman–Crippen MR) is 339 cm³/mol. The molecule has 0 saturated carbocycles. The summed E-state index contributed by atoms with van der Waals surface area (Å²) < 4.78 is 103. The van der Waals surface area contributed by atoms with Crippen LogP contribution in [0.15, 0.2) is 0 Å². The zero-order valence-electron chi connectivity index (χ0n) is 59.6. The molecular formula is C62H104N4O43. The van der Waals surface area contributed by atoms with Gasteiger partial charge in [-0.05, 0) is 20.8 Å². The number of carbonyl (C=O) groups is 4. The van der Waals surface area contributed by atoms with Gasteiger partial charge in [-0.1, -0.05) is 0 Å². The maximum Gasteiger partial charge on any atom is 0.217 e. The van der Waals surface area contributed by atoms with Crippen molar-refractivity contribution in [3.8, 4) is 0 Å². The standard InChI is InChI=1S/C62H104N4O43/c1-14-31(75)41(85)45(89)58(95-14)104-48-24(11-70)102-56(30(66-20(7)74)50(48)106-57-28(64-18(5)72)40(84)35(79)22(9-68)100-57)94-12-25-37(81)49(29(54(92)98-25)65-19(6)73)105-62-53(109-60-47(91)43(87)33(77)16(3)97-60)51(38(82)26(103-62)13-93-55-27(63-17(4)71)39(83)34(78)21(8-67)99-55)107-61-52(44(88)36(80)23(10-69)101-61)108-59-46(90)42(86)32(76)15(2)96-59/h14-16,21-62,67-70,75-92H,8-13H2,1-7H3,(H,63,71)(H,64,72)(H,65,73)(H,66,74)/t14-,15-,16-,21+,22+,23+,24+,25+,26+,27+,28+,29+,30+,31+,32+,33+,34+,35+,36-,37-,38-,39+,40+,41+,42+,43+,44-,45-,46-,47-,48+,49+,50+,51-,52+,53+,54?,55+,56+,57-,58-,59-,60-,61-,62-/m0/s1. The van der Waals surface area contributed by atoms with E-state index in [1.807, 2.05) is 0 Å². The first-order chi connectivity index (χ1) is 51.4. The molecule has 26 N–H and O–H groups in total. The highest BCUT2D eigenvalue weighted by molar-refractivity contribution is 5.74. The summed E-state index contributed by atoms with van der Waals surface area (Å²) in [7, 11) is 0. The van der Waals surface area contributed by atoms with E-state index in [1.165, 1.54) is 20.8 Å². The van der Waals surface area contributed by atoms with E-state index in [0.717, 1.165) is 27.7 Å². The van der Waals surface area contributed by atoms with Crippen molar-refractivity contribution in [2.45, 2.75) is 325 Å². The zero-order valence-corrected chi connectivity index (χ0v) is 59.6. The fourth-order valence-electron chi connectivity index (χ4n) is 14.2. The molecule has 4 amide bonds. The minimum absolute atomic E-state index is 0.829. The van der Waals surface area contributed by atoms with E-state index in [0.29, 0.717) is 0 Å². The summed E-state index contributed by atoms with van der Waals surface area (Å²) in [5.41, 5.74) is 0. The summed E-state index contributed by atoms with van der Waals surface area (Å²) in [5, 5.41) is 256. The zero-order chi connectivity index (χ0) is 80.4. The molecule has 0 aliphatic carbocycles. The number of aliphatic hydroxyl groups excluding tert-OH is 22. The Labute approximate surface area is 619 Å². The molecule has 0 spiro atoms. The molecule has 9 fully saturated rings. The van der Waals surface area contributed by atoms with Gasteiger partial charge in [-0.2, -0.15) is 0 Å². The van der Waals surface area contributed by atoms with E-state index in [-0.39, 0.29) is 0 Å². The van der Waals surface area contributed by atoms with Gasteiger partial charge in [0.05, 0.1) is 58.0 Å². The normalized spacial score (nSPS) is 49.9. The number of aliphatic hydroxyl groups is 22. The van der Waals surface area contributed by atoms with E-state index in [9.17, 15) is 132 Å². The first kappa shape index (κ1) is 89.3. The van der Waals surface area contributed by atoms with Gasteiger partial charge in [0.15, 0.2) is 56.6 Å². The van der Waals surface area contributed by atoms with E-state index in [2.05, 4.69) is 21.3 Å². The van der Waals surface area contributed by atoms with Gasteiger partial charge < -0.3 is 214 Å². The number of carbonyl (C=O) groups excluding carboxylic acids is 4. The quantitative estimate of drug-likeness (QED) is 0.0382. The van der Waals surface area contributed by atoms with E-state index >= 15 is 0 Å². The Balaban J connectivity index is 1.12. The molecule has 630 valence electrons. The number of hydrogen-bond donors (Lipinski definition) is 26. The molecule has 47 nitrogen and oxygen atoms in total. The molecule has 0 bridgehead atoms. The predicted octanol–water partition coefficient (Wildman–Crippen LogP) is -17.0. The van der Waals surface area contributed by atoms with Gasteiger partial charge in [0.25, 0.3) is 0 Å². The Hall–Kier alpha value is -3.68. The Morgan fingerprint density at radius 1 is 0.257 bits per heavy atom. The smallest absolute Gasteiger partial charge is 0.217 e. The third kappa shape index (κ3) is 19.9. The molecule has 0 aromatic heterocycles. The summed E-state index contributed by atoms with van der Waals surface area (Å²) in [4.78, 5) is 51.9. The second-order valence-corrected chi connectivity index (χ2v) is 28.2. The molecule has 9 saturated heterocycles. The summed E-state index contributed by atoms with van der Waals surface area (Å²) in [6, 6.07) is -7.33. The average molecular weight is 1590 g/mol. The van der Waals surface area contributed by atoms with Gasteiger partial charge in [-0.15, -0.1) is 0 Å². The SMILES string of the molecule is CC(=O)N[C@H]1[C@H](OC[C@H]2O[C@@H](O[C@H]3[C@@H](O)[C@@H](CO[C@@H]4O[C@H](CO)[C@@H](O[C@@H]5O[C@@H](C)[C@@H](O)[C@@H](O)[C@@H]5O)[C@H](O[C@@H]5O[C@H](CO)[C@@H](O)[C@H](O)[C@H]5NC(C)=O)[C@H]4NC(C)=O)OC(O)[C@@H]3NC(C)=O)[C@H](O[C@@H]3O[C@@H](C)[C@@H](O)[C@@H](O)[C@@H]3O)[C@@H](O[C@@H]3O[C@H](CO)[C@H](O)[C@H](O)[C@H]3O[C@@H]3O[C@@H](C)[C@@H](O)[C@@H](O)[C@@H]3O)[C@H]2O)O[C@H](CO)[C@@H](O)[C@@H]1O. The third-order valence-electron chi connectivity index (χ3n) is 20.2. The highest BCUT2D eigenvalue weighted by atomic mass is 16.8. The summed E-state index contributed by atoms with van der Waals surface area (Å²) in [5.74, 6) is -3.57. The van der Waals surface area contributed by atoms with E-state index in [1.54, 1.807) is 0 Å². The van der Waals surface area contributed by atoms with Crippen molar-refractivity contribution >= 4 is 23.6 Å². The van der Waals surface area contributed by atoms with Crippen molar-refractivity contribution in [2.24, 2.45) is 0 Å². The first-order valence-electron chi connectivity index (χ1n) is 35.2. The molecule has 9 rings (SSSR count). The van der Waals surface area contributed by atoms with Crippen molar-refractivity contribution in [3.63, 3.8) is 0 Å². The van der Waals surface area contributed by atoms with Gasteiger partial charge >= 0.3 is 0 Å². The molecule has 1 unspecified atom stereocenters. The van der Waals surface area contributed by atoms with Crippen LogP contribution in [0.25, 0.3) is 0 Å². The van der Waals surface area contributed by atoms with Crippen LogP contribution in [0.3, 0.4) is 0 Å². The second kappa shape index (κ2) is 38.4. The first-order valence-corrected chi connectivity index (χ1v) is 35.2. The lowest BCUT2D eigenvalue weighted by Crippen LogP contribution is -2.71. The molecule has 9 heterocycles. The van der Waals surface area contributed by atoms with Crippen molar-refractivity contribution in [3.05, 3.63) is 0 Å². The third-order valence-corrected chi connectivity index (χ3v) is 20.2. The minimum atomic E-state index is -2.47. The molecule has 9 aliphatic rings. The number of hydrogen-bond acceptors (Lipinski definition) is 43. The molecule has 9 aliphatic heterocycles. The molecule has 45 atom stereocenters. The van der Waals surface area contributed by atoms with Crippen LogP contribution in [0.2, 0.25) is 0 Å². The number of ether oxygens (including phenoxy) is 17. The molecule has 0 aromatic rings. The van der Waals surface area contributed by atoms with Crippen molar-refractivity contribution < 1.29 is 212 Å². The maximum absolute atomic E-state index is 13.4. The average Bonchev–Trinajstić information content (AvgIpc) is 0.762. The fraction of sp³-hybridized carbons (Fsp3) is 0.935.